The zero-order chi connectivity index (χ0) is 16.8. The Morgan fingerprint density at radius 3 is 2.57 bits per heavy atom. The molecule has 124 valence electrons. The molecule has 1 aliphatic heterocycles. The van der Waals surface area contributed by atoms with Crippen molar-refractivity contribution in [3.63, 3.8) is 0 Å². The third-order valence-electron chi connectivity index (χ3n) is 3.39. The van der Waals surface area contributed by atoms with Gasteiger partial charge in [-0.25, -0.2) is 4.79 Å². The van der Waals surface area contributed by atoms with E-state index in [0.29, 0.717) is 5.75 Å². The number of hydrogen-bond donors (Lipinski definition) is 1. The van der Waals surface area contributed by atoms with Gasteiger partial charge in [0.1, 0.15) is 18.4 Å². The van der Waals surface area contributed by atoms with Crippen LogP contribution in [-0.4, -0.2) is 59.6 Å². The second-order valence-corrected chi connectivity index (χ2v) is 5.36. The molecule has 1 fully saturated rings. The lowest BCUT2D eigenvalue weighted by molar-refractivity contribution is -0.155. The number of ketones is 1. The summed E-state index contributed by atoms with van der Waals surface area (Å²) in [4.78, 5) is 36.3. The van der Waals surface area contributed by atoms with Crippen LogP contribution in [0.5, 0.6) is 5.75 Å². The molecule has 1 amide bonds. The molecular formula is C16H19NO6. The highest BCUT2D eigenvalue weighted by atomic mass is 16.5. The minimum atomic E-state index is -0.892. The van der Waals surface area contributed by atoms with Gasteiger partial charge in [-0.1, -0.05) is 18.2 Å². The predicted octanol–water partition coefficient (Wildman–Crippen LogP) is 0.159. The third kappa shape index (κ3) is 4.79. The van der Waals surface area contributed by atoms with Gasteiger partial charge in [0.2, 0.25) is 0 Å². The standard InChI is InChI=1S/C16H19NO6/c1-11(18)9-23-16(21)14-7-12(19)8-17(14)15(20)10-22-13-5-3-2-4-6-13/h2-6,12,14,19H,7-10H2,1H3/t12-,14-/m0/s1. The second-order valence-electron chi connectivity index (χ2n) is 5.36. The van der Waals surface area contributed by atoms with Crippen molar-refractivity contribution < 1.29 is 29.0 Å². The number of likely N-dealkylation sites (tertiary alicyclic amines) is 1. The Hall–Kier alpha value is -2.41. The van der Waals surface area contributed by atoms with Gasteiger partial charge in [0.15, 0.2) is 12.4 Å². The summed E-state index contributed by atoms with van der Waals surface area (Å²) in [5.41, 5.74) is 0. The lowest BCUT2D eigenvalue weighted by Crippen LogP contribution is -2.44. The molecule has 23 heavy (non-hydrogen) atoms. The lowest BCUT2D eigenvalue weighted by atomic mass is 10.2. The van der Waals surface area contributed by atoms with Gasteiger partial charge in [-0.2, -0.15) is 0 Å². The first-order chi connectivity index (χ1) is 11.0. The summed E-state index contributed by atoms with van der Waals surface area (Å²) in [5, 5.41) is 9.72. The minimum Gasteiger partial charge on any atom is -0.484 e. The van der Waals surface area contributed by atoms with Crippen LogP contribution in [-0.2, 0) is 19.1 Å². The normalized spacial score (nSPS) is 20.2. The molecule has 2 rings (SSSR count). The van der Waals surface area contributed by atoms with Crippen molar-refractivity contribution in [2.45, 2.75) is 25.5 Å². The second kappa shape index (κ2) is 7.73. The van der Waals surface area contributed by atoms with Gasteiger partial charge >= 0.3 is 5.97 Å². The zero-order valence-corrected chi connectivity index (χ0v) is 12.8. The summed E-state index contributed by atoms with van der Waals surface area (Å²) >= 11 is 0. The number of rotatable bonds is 6. The molecule has 0 radical (unpaired) electrons. The van der Waals surface area contributed by atoms with E-state index in [2.05, 4.69) is 0 Å². The van der Waals surface area contributed by atoms with Crippen LogP contribution in [0, 0.1) is 0 Å². The number of amides is 1. The zero-order valence-electron chi connectivity index (χ0n) is 12.8. The number of β-amino-alcohol motifs (C(OH)–C–C–N with tert-alkyl or cyclic N) is 1. The van der Waals surface area contributed by atoms with Crippen molar-refractivity contribution in [1.82, 2.24) is 4.90 Å². The maximum atomic E-state index is 12.2. The Balaban J connectivity index is 1.93. The fraction of sp³-hybridized carbons (Fsp3) is 0.438. The predicted molar refractivity (Wildman–Crippen MR) is 79.7 cm³/mol. The molecule has 1 N–H and O–H groups in total. The van der Waals surface area contributed by atoms with Crippen molar-refractivity contribution in [1.29, 1.82) is 0 Å². The lowest BCUT2D eigenvalue weighted by Gasteiger charge is -2.22. The number of carbonyl (C=O) groups is 3. The van der Waals surface area contributed by atoms with E-state index in [0.717, 1.165) is 0 Å². The number of hydrogen-bond acceptors (Lipinski definition) is 6. The summed E-state index contributed by atoms with van der Waals surface area (Å²) in [6.07, 6.45) is -0.709. The van der Waals surface area contributed by atoms with Crippen LogP contribution >= 0.6 is 0 Å². The first kappa shape index (κ1) is 17.0. The molecule has 0 bridgehead atoms. The highest BCUT2D eigenvalue weighted by Gasteiger charge is 2.40. The highest BCUT2D eigenvalue weighted by Crippen LogP contribution is 2.20. The Kier molecular flexibility index (Phi) is 5.70. The Morgan fingerprint density at radius 2 is 1.91 bits per heavy atom. The summed E-state index contributed by atoms with van der Waals surface area (Å²) in [6, 6.07) is 7.92. The SMILES string of the molecule is CC(=O)COC(=O)[C@@H]1C[C@H](O)CN1C(=O)COc1ccccc1. The van der Waals surface area contributed by atoms with Crippen LogP contribution in [0.25, 0.3) is 0 Å². The van der Waals surface area contributed by atoms with Gasteiger partial charge in [-0.3, -0.25) is 9.59 Å². The third-order valence-corrected chi connectivity index (χ3v) is 3.39. The van der Waals surface area contributed by atoms with Gasteiger partial charge in [0, 0.05) is 13.0 Å². The summed E-state index contributed by atoms with van der Waals surface area (Å²) < 4.78 is 10.2. The Labute approximate surface area is 133 Å². The van der Waals surface area contributed by atoms with Crippen LogP contribution in [0.2, 0.25) is 0 Å². The molecule has 7 heteroatoms. The molecular weight excluding hydrogens is 302 g/mol. The average Bonchev–Trinajstić information content (AvgIpc) is 2.93. The first-order valence-electron chi connectivity index (χ1n) is 7.29. The van der Waals surface area contributed by atoms with Gasteiger partial charge in [0.05, 0.1) is 6.10 Å². The number of para-hydroxylation sites is 1. The van der Waals surface area contributed by atoms with E-state index in [4.69, 9.17) is 9.47 Å². The van der Waals surface area contributed by atoms with E-state index >= 15 is 0 Å². The summed E-state index contributed by atoms with van der Waals surface area (Å²) in [6.45, 7) is 0.755. The average molecular weight is 321 g/mol. The maximum Gasteiger partial charge on any atom is 0.329 e. The number of ether oxygens (including phenoxy) is 2. The van der Waals surface area contributed by atoms with E-state index in [-0.39, 0.29) is 32.0 Å². The fourth-order valence-corrected chi connectivity index (χ4v) is 2.33. The Bertz CT molecular complexity index is 573. The fourth-order valence-electron chi connectivity index (χ4n) is 2.33. The molecule has 7 nitrogen and oxygen atoms in total. The molecule has 0 saturated carbocycles. The topological polar surface area (TPSA) is 93.1 Å². The summed E-state index contributed by atoms with van der Waals surface area (Å²) in [5.74, 6) is -0.863. The van der Waals surface area contributed by atoms with Crippen molar-refractivity contribution in [2.75, 3.05) is 19.8 Å². The largest absolute Gasteiger partial charge is 0.484 e. The van der Waals surface area contributed by atoms with E-state index in [9.17, 15) is 19.5 Å². The molecule has 1 aromatic rings. The van der Waals surface area contributed by atoms with Crippen LogP contribution < -0.4 is 4.74 Å². The monoisotopic (exact) mass is 321 g/mol. The smallest absolute Gasteiger partial charge is 0.329 e. The number of carbonyl (C=O) groups excluding carboxylic acids is 3. The van der Waals surface area contributed by atoms with Gasteiger partial charge in [0.25, 0.3) is 5.91 Å². The number of aliphatic hydroxyl groups excluding tert-OH is 1. The minimum absolute atomic E-state index is 0.0385. The molecule has 1 saturated heterocycles. The van der Waals surface area contributed by atoms with E-state index < -0.39 is 24.0 Å². The molecule has 1 heterocycles. The molecule has 2 atom stereocenters. The number of esters is 1. The number of benzene rings is 1. The first-order valence-corrected chi connectivity index (χ1v) is 7.29. The number of Topliss-reactive ketones (excluding diaryl/α,β-unsaturated/α-hetero) is 1. The maximum absolute atomic E-state index is 12.2. The number of nitrogens with zero attached hydrogens (tertiary/aromatic N) is 1. The van der Waals surface area contributed by atoms with Crippen molar-refractivity contribution in [3.05, 3.63) is 30.3 Å². The summed E-state index contributed by atoms with van der Waals surface area (Å²) in [7, 11) is 0. The van der Waals surface area contributed by atoms with Gasteiger partial charge < -0.3 is 19.5 Å². The quantitative estimate of drug-likeness (QED) is 0.750. The molecule has 1 aromatic carbocycles. The molecule has 0 unspecified atom stereocenters. The van der Waals surface area contributed by atoms with E-state index in [1.54, 1.807) is 24.3 Å². The van der Waals surface area contributed by atoms with E-state index in [1.165, 1.54) is 11.8 Å². The van der Waals surface area contributed by atoms with Crippen LogP contribution in [0.1, 0.15) is 13.3 Å². The molecule has 0 spiro atoms. The molecule has 0 aromatic heterocycles. The van der Waals surface area contributed by atoms with Crippen LogP contribution in [0.15, 0.2) is 30.3 Å². The molecule has 1 aliphatic rings. The Morgan fingerprint density at radius 1 is 1.22 bits per heavy atom. The van der Waals surface area contributed by atoms with Crippen LogP contribution in [0.3, 0.4) is 0 Å². The van der Waals surface area contributed by atoms with Crippen LogP contribution in [0.4, 0.5) is 0 Å². The highest BCUT2D eigenvalue weighted by molar-refractivity contribution is 5.87. The van der Waals surface area contributed by atoms with Gasteiger partial charge in [-0.05, 0) is 19.1 Å². The molecule has 0 aliphatic carbocycles. The van der Waals surface area contributed by atoms with Gasteiger partial charge in [-0.15, -0.1) is 0 Å². The number of aliphatic hydroxyl groups is 1. The van der Waals surface area contributed by atoms with Crippen molar-refractivity contribution in [2.24, 2.45) is 0 Å². The van der Waals surface area contributed by atoms with Crippen molar-refractivity contribution in [3.8, 4) is 5.75 Å². The van der Waals surface area contributed by atoms with Crippen molar-refractivity contribution >= 4 is 17.7 Å². The van der Waals surface area contributed by atoms with E-state index in [1.807, 2.05) is 6.07 Å².